The Bertz CT molecular complexity index is 128. The zero-order valence-electron chi connectivity index (χ0n) is 8.20. The molecular weight excluding hydrogens is 170 g/mol. The molecule has 1 rings (SSSR count). The average Bonchev–Trinajstić information content (AvgIpc) is 2.53. The molecule has 1 fully saturated rings. The lowest BCUT2D eigenvalue weighted by Gasteiger charge is -2.24. The van der Waals surface area contributed by atoms with E-state index in [1.807, 2.05) is 0 Å². The van der Waals surface area contributed by atoms with Gasteiger partial charge in [-0.05, 0) is 18.3 Å². The summed E-state index contributed by atoms with van der Waals surface area (Å²) >= 11 is 5.84. The maximum absolute atomic E-state index is 5.84. The van der Waals surface area contributed by atoms with Gasteiger partial charge in [-0.3, -0.25) is 0 Å². The molecule has 0 amide bonds. The van der Waals surface area contributed by atoms with Crippen LogP contribution >= 0.6 is 11.6 Å². The summed E-state index contributed by atoms with van der Waals surface area (Å²) in [5.74, 6) is 0.743. The zero-order valence-corrected chi connectivity index (χ0v) is 8.95. The van der Waals surface area contributed by atoms with Gasteiger partial charge in [0.1, 0.15) is 0 Å². The van der Waals surface area contributed by atoms with Gasteiger partial charge < -0.3 is 5.32 Å². The summed E-state index contributed by atoms with van der Waals surface area (Å²) in [4.78, 5) is 0. The van der Waals surface area contributed by atoms with Gasteiger partial charge in [0, 0.05) is 18.5 Å². The minimum atomic E-state index is 0.254. The first-order valence-electron chi connectivity index (χ1n) is 4.93. The smallest absolute Gasteiger partial charge is 0.0286 e. The molecule has 1 aliphatic carbocycles. The fraction of sp³-hybridized carbons (Fsp3) is 1.00. The van der Waals surface area contributed by atoms with Crippen LogP contribution in [-0.2, 0) is 0 Å². The Morgan fingerprint density at radius 1 is 1.33 bits per heavy atom. The summed E-state index contributed by atoms with van der Waals surface area (Å²) in [5.41, 5.74) is 0.254. The van der Waals surface area contributed by atoms with Crippen LogP contribution in [0.25, 0.3) is 0 Å². The Morgan fingerprint density at radius 3 is 2.42 bits per heavy atom. The molecule has 0 saturated heterocycles. The SMILES string of the molecule is CC(C)(CCl)CNC1CCCC1. The summed E-state index contributed by atoms with van der Waals surface area (Å²) in [6.07, 6.45) is 5.52. The van der Waals surface area contributed by atoms with Crippen LogP contribution in [0.3, 0.4) is 0 Å². The van der Waals surface area contributed by atoms with Crippen molar-refractivity contribution in [2.24, 2.45) is 5.41 Å². The summed E-state index contributed by atoms with van der Waals surface area (Å²) in [7, 11) is 0. The molecule has 1 saturated carbocycles. The van der Waals surface area contributed by atoms with Crippen molar-refractivity contribution >= 4 is 11.6 Å². The minimum absolute atomic E-state index is 0.254. The topological polar surface area (TPSA) is 12.0 Å². The van der Waals surface area contributed by atoms with Crippen molar-refractivity contribution in [3.05, 3.63) is 0 Å². The molecule has 0 atom stereocenters. The Labute approximate surface area is 80.9 Å². The van der Waals surface area contributed by atoms with Crippen molar-refractivity contribution in [2.75, 3.05) is 12.4 Å². The van der Waals surface area contributed by atoms with E-state index in [1.54, 1.807) is 0 Å². The lowest BCUT2D eigenvalue weighted by molar-refractivity contribution is 0.356. The summed E-state index contributed by atoms with van der Waals surface area (Å²) in [5, 5.41) is 3.59. The first-order valence-corrected chi connectivity index (χ1v) is 5.47. The first-order chi connectivity index (χ1) is 5.64. The van der Waals surface area contributed by atoms with Gasteiger partial charge in [0.2, 0.25) is 0 Å². The second-order valence-electron chi connectivity index (χ2n) is 4.66. The highest BCUT2D eigenvalue weighted by Gasteiger charge is 2.20. The number of rotatable bonds is 4. The molecule has 0 aromatic rings. The van der Waals surface area contributed by atoms with Gasteiger partial charge in [-0.1, -0.05) is 26.7 Å². The fourth-order valence-corrected chi connectivity index (χ4v) is 1.69. The monoisotopic (exact) mass is 189 g/mol. The van der Waals surface area contributed by atoms with Gasteiger partial charge in [-0.25, -0.2) is 0 Å². The van der Waals surface area contributed by atoms with Gasteiger partial charge in [-0.2, -0.15) is 0 Å². The Balaban J connectivity index is 2.15. The van der Waals surface area contributed by atoms with E-state index in [9.17, 15) is 0 Å². The number of nitrogens with one attached hydrogen (secondary N) is 1. The molecule has 1 aliphatic rings. The second kappa shape index (κ2) is 4.48. The molecule has 1 N–H and O–H groups in total. The van der Waals surface area contributed by atoms with E-state index in [1.165, 1.54) is 25.7 Å². The number of hydrogen-bond acceptors (Lipinski definition) is 1. The van der Waals surface area contributed by atoms with Crippen LogP contribution in [-0.4, -0.2) is 18.5 Å². The summed E-state index contributed by atoms with van der Waals surface area (Å²) < 4.78 is 0. The molecule has 0 spiro atoms. The number of halogens is 1. The minimum Gasteiger partial charge on any atom is -0.313 e. The predicted octanol–water partition coefficient (Wildman–Crippen LogP) is 2.78. The molecule has 2 heteroatoms. The van der Waals surface area contributed by atoms with Crippen molar-refractivity contribution in [3.63, 3.8) is 0 Å². The van der Waals surface area contributed by atoms with Gasteiger partial charge in [0.25, 0.3) is 0 Å². The van der Waals surface area contributed by atoms with E-state index < -0.39 is 0 Å². The van der Waals surface area contributed by atoms with Crippen molar-refractivity contribution < 1.29 is 0 Å². The van der Waals surface area contributed by atoms with Crippen molar-refractivity contribution in [2.45, 2.75) is 45.6 Å². The van der Waals surface area contributed by atoms with E-state index in [0.29, 0.717) is 0 Å². The standard InChI is InChI=1S/C10H20ClN/c1-10(2,7-11)8-12-9-5-3-4-6-9/h9,12H,3-8H2,1-2H3. The van der Waals surface area contributed by atoms with E-state index >= 15 is 0 Å². The lowest BCUT2D eigenvalue weighted by Crippen LogP contribution is -2.36. The third-order valence-corrected chi connectivity index (χ3v) is 3.31. The molecular formula is C10H20ClN. The molecule has 72 valence electrons. The molecule has 0 aromatic heterocycles. The quantitative estimate of drug-likeness (QED) is 0.671. The maximum Gasteiger partial charge on any atom is 0.0286 e. The molecule has 0 unspecified atom stereocenters. The fourth-order valence-electron chi connectivity index (χ4n) is 1.60. The number of alkyl halides is 1. The highest BCUT2D eigenvalue weighted by Crippen LogP contribution is 2.20. The van der Waals surface area contributed by atoms with Crippen molar-refractivity contribution in [3.8, 4) is 0 Å². The van der Waals surface area contributed by atoms with Gasteiger partial charge in [0.15, 0.2) is 0 Å². The summed E-state index contributed by atoms with van der Waals surface area (Å²) in [6, 6.07) is 0.771. The highest BCUT2D eigenvalue weighted by molar-refractivity contribution is 6.18. The van der Waals surface area contributed by atoms with Crippen LogP contribution in [0.1, 0.15) is 39.5 Å². The molecule has 0 aliphatic heterocycles. The second-order valence-corrected chi connectivity index (χ2v) is 4.93. The molecule has 0 heterocycles. The normalized spacial score (nSPS) is 20.2. The first kappa shape index (κ1) is 10.3. The average molecular weight is 190 g/mol. The highest BCUT2D eigenvalue weighted by atomic mass is 35.5. The third kappa shape index (κ3) is 3.32. The lowest BCUT2D eigenvalue weighted by atomic mass is 9.96. The largest absolute Gasteiger partial charge is 0.313 e. The van der Waals surface area contributed by atoms with E-state index in [2.05, 4.69) is 19.2 Å². The van der Waals surface area contributed by atoms with E-state index in [0.717, 1.165) is 18.5 Å². The molecule has 0 bridgehead atoms. The molecule has 1 nitrogen and oxygen atoms in total. The van der Waals surface area contributed by atoms with Crippen LogP contribution in [0.2, 0.25) is 0 Å². The third-order valence-electron chi connectivity index (χ3n) is 2.59. The zero-order chi connectivity index (χ0) is 9.03. The van der Waals surface area contributed by atoms with Crippen LogP contribution in [0.15, 0.2) is 0 Å². The van der Waals surface area contributed by atoms with Crippen LogP contribution < -0.4 is 5.32 Å². The number of hydrogen-bond donors (Lipinski definition) is 1. The van der Waals surface area contributed by atoms with Crippen LogP contribution in [0, 0.1) is 5.41 Å². The van der Waals surface area contributed by atoms with Crippen molar-refractivity contribution in [1.29, 1.82) is 0 Å². The van der Waals surface area contributed by atoms with Crippen LogP contribution in [0.5, 0.6) is 0 Å². The van der Waals surface area contributed by atoms with Gasteiger partial charge >= 0.3 is 0 Å². The Kier molecular flexibility index (Phi) is 3.85. The van der Waals surface area contributed by atoms with Crippen LogP contribution in [0.4, 0.5) is 0 Å². The Morgan fingerprint density at radius 2 is 1.92 bits per heavy atom. The molecule has 0 aromatic carbocycles. The van der Waals surface area contributed by atoms with E-state index in [4.69, 9.17) is 11.6 Å². The molecule has 0 radical (unpaired) electrons. The van der Waals surface area contributed by atoms with Gasteiger partial charge in [-0.15, -0.1) is 11.6 Å². The Hall–Kier alpha value is 0.250. The maximum atomic E-state index is 5.84. The van der Waals surface area contributed by atoms with E-state index in [-0.39, 0.29) is 5.41 Å². The summed E-state index contributed by atoms with van der Waals surface area (Å²) in [6.45, 7) is 5.48. The van der Waals surface area contributed by atoms with Crippen molar-refractivity contribution in [1.82, 2.24) is 5.32 Å². The van der Waals surface area contributed by atoms with Gasteiger partial charge in [0.05, 0.1) is 0 Å². The predicted molar refractivity (Wildman–Crippen MR) is 54.8 cm³/mol. The molecule has 12 heavy (non-hydrogen) atoms.